The predicted octanol–water partition coefficient (Wildman–Crippen LogP) is 2.50. The van der Waals surface area contributed by atoms with Crippen LogP contribution in [0.1, 0.15) is 31.2 Å². The molecule has 0 unspecified atom stereocenters. The molecule has 0 heterocycles. The standard InChI is InChI=1S/C12H16FNO2/c13-11-7-3-4-9(12(11)15)8-14-16-10-5-1-2-6-10/h3-4,7,10,14-15H,1-2,5-6,8H2. The van der Waals surface area contributed by atoms with Crippen molar-refractivity contribution in [3.63, 3.8) is 0 Å². The Hall–Kier alpha value is -1.13. The van der Waals surface area contributed by atoms with Gasteiger partial charge in [0.1, 0.15) is 0 Å². The molecule has 1 aliphatic rings. The minimum Gasteiger partial charge on any atom is -0.505 e. The zero-order valence-corrected chi connectivity index (χ0v) is 9.08. The molecule has 4 heteroatoms. The maximum absolute atomic E-state index is 13.0. The summed E-state index contributed by atoms with van der Waals surface area (Å²) in [7, 11) is 0. The van der Waals surface area contributed by atoms with E-state index < -0.39 is 5.82 Å². The Morgan fingerprint density at radius 3 is 2.88 bits per heavy atom. The summed E-state index contributed by atoms with van der Waals surface area (Å²) < 4.78 is 13.0. The summed E-state index contributed by atoms with van der Waals surface area (Å²) in [6, 6.07) is 4.47. The van der Waals surface area contributed by atoms with Gasteiger partial charge in [-0.25, -0.2) is 4.39 Å². The van der Waals surface area contributed by atoms with Crippen molar-refractivity contribution >= 4 is 0 Å². The normalized spacial score (nSPS) is 16.8. The molecule has 1 aliphatic carbocycles. The molecule has 1 fully saturated rings. The van der Waals surface area contributed by atoms with Crippen molar-refractivity contribution in [2.24, 2.45) is 0 Å². The first-order valence-corrected chi connectivity index (χ1v) is 5.62. The number of hydrogen-bond donors (Lipinski definition) is 2. The van der Waals surface area contributed by atoms with E-state index in [2.05, 4.69) is 5.48 Å². The number of hydrogen-bond acceptors (Lipinski definition) is 3. The lowest BCUT2D eigenvalue weighted by molar-refractivity contribution is -0.0246. The number of nitrogens with one attached hydrogen (secondary N) is 1. The Balaban J connectivity index is 1.82. The van der Waals surface area contributed by atoms with E-state index in [1.165, 1.54) is 18.9 Å². The fourth-order valence-electron chi connectivity index (χ4n) is 1.95. The molecule has 16 heavy (non-hydrogen) atoms. The Bertz CT molecular complexity index is 351. The molecule has 1 aromatic carbocycles. The number of aromatic hydroxyl groups is 1. The summed E-state index contributed by atoms with van der Waals surface area (Å²) >= 11 is 0. The van der Waals surface area contributed by atoms with Gasteiger partial charge >= 0.3 is 0 Å². The Morgan fingerprint density at radius 1 is 1.38 bits per heavy atom. The van der Waals surface area contributed by atoms with Crippen molar-refractivity contribution in [2.75, 3.05) is 0 Å². The van der Waals surface area contributed by atoms with Crippen LogP contribution in [-0.4, -0.2) is 11.2 Å². The van der Waals surface area contributed by atoms with Crippen LogP contribution >= 0.6 is 0 Å². The minimum atomic E-state index is -0.597. The number of phenolic OH excluding ortho intramolecular Hbond substituents is 1. The molecule has 0 aromatic heterocycles. The van der Waals surface area contributed by atoms with Crippen molar-refractivity contribution in [1.82, 2.24) is 5.48 Å². The smallest absolute Gasteiger partial charge is 0.165 e. The molecule has 1 aromatic rings. The van der Waals surface area contributed by atoms with Crippen molar-refractivity contribution < 1.29 is 14.3 Å². The lowest BCUT2D eigenvalue weighted by Gasteiger charge is -2.12. The molecule has 2 rings (SSSR count). The highest BCUT2D eigenvalue weighted by Crippen LogP contribution is 2.22. The Labute approximate surface area is 94.2 Å². The van der Waals surface area contributed by atoms with E-state index in [-0.39, 0.29) is 11.9 Å². The number of para-hydroxylation sites is 1. The molecule has 0 amide bonds. The van der Waals surface area contributed by atoms with Crippen molar-refractivity contribution in [2.45, 2.75) is 38.3 Å². The highest BCUT2D eigenvalue weighted by Gasteiger charge is 2.15. The van der Waals surface area contributed by atoms with Crippen LogP contribution in [-0.2, 0) is 11.4 Å². The summed E-state index contributed by atoms with van der Waals surface area (Å²) in [6.07, 6.45) is 4.81. The first-order valence-electron chi connectivity index (χ1n) is 5.62. The fourth-order valence-corrected chi connectivity index (χ4v) is 1.95. The summed E-state index contributed by atoms with van der Waals surface area (Å²) in [5, 5.41) is 9.42. The van der Waals surface area contributed by atoms with Gasteiger partial charge in [-0.05, 0) is 18.9 Å². The van der Waals surface area contributed by atoms with Gasteiger partial charge < -0.3 is 5.11 Å². The molecule has 0 spiro atoms. The van der Waals surface area contributed by atoms with Crippen molar-refractivity contribution in [3.05, 3.63) is 29.6 Å². The average molecular weight is 225 g/mol. The predicted molar refractivity (Wildman–Crippen MR) is 58.2 cm³/mol. The molecular weight excluding hydrogens is 209 g/mol. The first kappa shape index (κ1) is 11.4. The number of benzene rings is 1. The summed E-state index contributed by atoms with van der Waals surface area (Å²) in [5.41, 5.74) is 3.30. The molecule has 0 radical (unpaired) electrons. The van der Waals surface area contributed by atoms with E-state index in [0.717, 1.165) is 12.8 Å². The van der Waals surface area contributed by atoms with Gasteiger partial charge in [-0.1, -0.05) is 25.0 Å². The van der Waals surface area contributed by atoms with Crippen LogP contribution < -0.4 is 5.48 Å². The fraction of sp³-hybridized carbons (Fsp3) is 0.500. The first-order chi connectivity index (χ1) is 7.77. The molecule has 3 nitrogen and oxygen atoms in total. The molecule has 0 bridgehead atoms. The van der Waals surface area contributed by atoms with Crippen LogP contribution in [0.4, 0.5) is 4.39 Å². The Morgan fingerprint density at radius 2 is 2.12 bits per heavy atom. The number of rotatable bonds is 4. The zero-order chi connectivity index (χ0) is 11.4. The highest BCUT2D eigenvalue weighted by molar-refractivity contribution is 5.33. The van der Waals surface area contributed by atoms with E-state index in [1.807, 2.05) is 0 Å². The second-order valence-corrected chi connectivity index (χ2v) is 4.09. The van der Waals surface area contributed by atoms with Gasteiger partial charge in [-0.2, -0.15) is 5.48 Å². The second-order valence-electron chi connectivity index (χ2n) is 4.09. The third-order valence-electron chi connectivity index (χ3n) is 2.89. The lowest BCUT2D eigenvalue weighted by atomic mass is 10.2. The van der Waals surface area contributed by atoms with E-state index in [9.17, 15) is 9.50 Å². The zero-order valence-electron chi connectivity index (χ0n) is 9.08. The lowest BCUT2D eigenvalue weighted by Crippen LogP contribution is -2.21. The van der Waals surface area contributed by atoms with Crippen molar-refractivity contribution in [3.8, 4) is 5.75 Å². The largest absolute Gasteiger partial charge is 0.505 e. The topological polar surface area (TPSA) is 41.5 Å². The van der Waals surface area contributed by atoms with Gasteiger partial charge in [0.25, 0.3) is 0 Å². The molecule has 1 saturated carbocycles. The maximum Gasteiger partial charge on any atom is 0.165 e. The van der Waals surface area contributed by atoms with Gasteiger partial charge in [0.2, 0.25) is 0 Å². The quantitative estimate of drug-likeness (QED) is 0.773. The average Bonchev–Trinajstić information content (AvgIpc) is 2.77. The van der Waals surface area contributed by atoms with Gasteiger partial charge in [-0.15, -0.1) is 0 Å². The molecule has 88 valence electrons. The summed E-state index contributed by atoms with van der Waals surface area (Å²) in [6.45, 7) is 0.320. The van der Waals surface area contributed by atoms with Crippen LogP contribution in [0.2, 0.25) is 0 Å². The molecular formula is C12H16FNO2. The SMILES string of the molecule is Oc1c(F)cccc1CNOC1CCCC1. The minimum absolute atomic E-state index is 0.260. The van der Waals surface area contributed by atoms with E-state index in [4.69, 9.17) is 4.84 Å². The van der Waals surface area contributed by atoms with Crippen LogP contribution in [0.5, 0.6) is 5.75 Å². The van der Waals surface area contributed by atoms with E-state index in [0.29, 0.717) is 12.1 Å². The monoisotopic (exact) mass is 225 g/mol. The van der Waals surface area contributed by atoms with Gasteiger partial charge in [-0.3, -0.25) is 4.84 Å². The van der Waals surface area contributed by atoms with Crippen LogP contribution in [0, 0.1) is 5.82 Å². The third kappa shape index (κ3) is 2.71. The molecule has 0 atom stereocenters. The van der Waals surface area contributed by atoms with Crippen LogP contribution in [0.3, 0.4) is 0 Å². The number of hydroxylamine groups is 1. The highest BCUT2D eigenvalue weighted by atomic mass is 19.1. The van der Waals surface area contributed by atoms with Crippen LogP contribution in [0.25, 0.3) is 0 Å². The van der Waals surface area contributed by atoms with E-state index in [1.54, 1.807) is 12.1 Å². The Kier molecular flexibility index (Phi) is 3.74. The van der Waals surface area contributed by atoms with Crippen molar-refractivity contribution in [1.29, 1.82) is 0 Å². The van der Waals surface area contributed by atoms with Crippen LogP contribution in [0.15, 0.2) is 18.2 Å². The number of phenols is 1. The maximum atomic E-state index is 13.0. The third-order valence-corrected chi connectivity index (χ3v) is 2.89. The second kappa shape index (κ2) is 5.27. The van der Waals surface area contributed by atoms with Gasteiger partial charge in [0.15, 0.2) is 11.6 Å². The van der Waals surface area contributed by atoms with E-state index >= 15 is 0 Å². The summed E-state index contributed by atoms with van der Waals surface area (Å²) in [5.74, 6) is -0.898. The number of halogens is 1. The molecule has 2 N–H and O–H groups in total. The molecule has 0 aliphatic heterocycles. The van der Waals surface area contributed by atoms with Gasteiger partial charge in [0, 0.05) is 12.1 Å². The summed E-state index contributed by atoms with van der Waals surface area (Å²) in [4.78, 5) is 5.42. The van der Waals surface area contributed by atoms with Gasteiger partial charge in [0.05, 0.1) is 6.10 Å². The molecule has 0 saturated heterocycles.